The molecule has 3 N–H and O–H groups in total. The van der Waals surface area contributed by atoms with E-state index < -0.39 is 10.0 Å². The Hall–Kier alpha value is -1.87. The molecule has 0 amide bonds. The zero-order valence-electron chi connectivity index (χ0n) is 11.4. The molecule has 0 saturated carbocycles. The molecule has 0 radical (unpaired) electrons. The molecule has 2 rings (SSSR count). The van der Waals surface area contributed by atoms with Crippen molar-refractivity contribution >= 4 is 32.2 Å². The Morgan fingerprint density at radius 1 is 1.29 bits per heavy atom. The fraction of sp³-hybridized carbons (Fsp3) is 0.333. The van der Waals surface area contributed by atoms with Gasteiger partial charge in [-0.3, -0.25) is 4.72 Å². The van der Waals surface area contributed by atoms with Gasteiger partial charge in [-0.1, -0.05) is 18.3 Å². The predicted molar refractivity (Wildman–Crippen MR) is 83.0 cm³/mol. The maximum atomic E-state index is 11.9. The van der Waals surface area contributed by atoms with Crippen LogP contribution in [0.3, 0.4) is 0 Å². The van der Waals surface area contributed by atoms with Gasteiger partial charge in [-0.25, -0.2) is 8.42 Å². The Bertz CT molecular complexity index is 683. The highest BCUT2D eigenvalue weighted by Crippen LogP contribution is 2.17. The van der Waals surface area contributed by atoms with Gasteiger partial charge in [0.25, 0.3) is 0 Å². The van der Waals surface area contributed by atoms with Gasteiger partial charge in [-0.05, 0) is 30.7 Å². The summed E-state index contributed by atoms with van der Waals surface area (Å²) >= 11 is 1.22. The number of anilines is 2. The molecule has 2 aromatic rings. The molecule has 0 spiro atoms. The number of hydrogen-bond donors (Lipinski definition) is 2. The molecule has 9 heteroatoms. The second kappa shape index (κ2) is 6.72. The number of benzene rings is 1. The Morgan fingerprint density at radius 3 is 2.62 bits per heavy atom. The molecule has 0 saturated heterocycles. The Labute approximate surface area is 127 Å². The number of sulfonamides is 1. The van der Waals surface area contributed by atoms with Gasteiger partial charge in [-0.2, -0.15) is 0 Å². The van der Waals surface area contributed by atoms with Crippen LogP contribution >= 0.6 is 11.3 Å². The van der Waals surface area contributed by atoms with Crippen molar-refractivity contribution in [3.63, 3.8) is 0 Å². The maximum absolute atomic E-state index is 11.9. The van der Waals surface area contributed by atoms with Crippen molar-refractivity contribution in [2.24, 2.45) is 0 Å². The van der Waals surface area contributed by atoms with Crippen molar-refractivity contribution in [2.45, 2.75) is 13.3 Å². The Kier molecular flexibility index (Phi) is 4.97. The highest BCUT2D eigenvalue weighted by Gasteiger charge is 2.14. The molecule has 0 fully saturated rings. The summed E-state index contributed by atoms with van der Waals surface area (Å²) in [4.78, 5) is 0. The molecule has 0 aliphatic rings. The fourth-order valence-corrected chi connectivity index (χ4v) is 3.25. The number of nitrogens with two attached hydrogens (primary N) is 1. The molecular weight excluding hydrogens is 312 g/mol. The number of nitrogens with zero attached hydrogens (tertiary/aromatic N) is 2. The van der Waals surface area contributed by atoms with Crippen LogP contribution in [0.25, 0.3) is 0 Å². The summed E-state index contributed by atoms with van der Waals surface area (Å²) in [6.45, 7) is 1.97. The molecular formula is C12H16N4O3S2. The minimum absolute atomic E-state index is 0.0404. The van der Waals surface area contributed by atoms with Crippen LogP contribution in [0.5, 0.6) is 5.75 Å². The number of hydrogen-bond acceptors (Lipinski definition) is 7. The first kappa shape index (κ1) is 15.5. The smallest absolute Gasteiger partial charge is 0.237 e. The SMILES string of the molecule is CCc1nnc(NS(=O)(=O)CCOc2ccc(N)cc2)s1. The van der Waals surface area contributed by atoms with Crippen LogP contribution in [-0.4, -0.2) is 31.0 Å². The van der Waals surface area contributed by atoms with Gasteiger partial charge >= 0.3 is 0 Å². The van der Waals surface area contributed by atoms with Crippen molar-refractivity contribution in [1.29, 1.82) is 0 Å². The van der Waals surface area contributed by atoms with Crippen molar-refractivity contribution in [3.05, 3.63) is 29.3 Å². The van der Waals surface area contributed by atoms with Gasteiger partial charge in [-0.15, -0.1) is 10.2 Å². The summed E-state index contributed by atoms with van der Waals surface area (Å²) in [6, 6.07) is 6.76. The first-order valence-corrected chi connectivity index (χ1v) is 8.76. The molecule has 0 unspecified atom stereocenters. The van der Waals surface area contributed by atoms with Crippen molar-refractivity contribution in [2.75, 3.05) is 22.8 Å². The van der Waals surface area contributed by atoms with Crippen LogP contribution in [-0.2, 0) is 16.4 Å². The molecule has 114 valence electrons. The van der Waals surface area contributed by atoms with Gasteiger partial charge in [0.2, 0.25) is 15.2 Å². The number of rotatable bonds is 7. The van der Waals surface area contributed by atoms with Crippen LogP contribution in [0, 0.1) is 0 Å². The first-order chi connectivity index (χ1) is 9.98. The van der Waals surface area contributed by atoms with E-state index in [1.165, 1.54) is 11.3 Å². The van der Waals surface area contributed by atoms with Gasteiger partial charge in [0.1, 0.15) is 23.1 Å². The van der Waals surface area contributed by atoms with E-state index in [0.717, 1.165) is 11.4 Å². The molecule has 0 atom stereocenters. The Balaban J connectivity index is 1.85. The third-order valence-corrected chi connectivity index (χ3v) is 4.83. The standard InChI is InChI=1S/C12H16N4O3S2/c1-2-11-14-15-12(20-11)16-21(17,18)8-7-19-10-5-3-9(13)4-6-10/h3-6H,2,7-8,13H2,1H3,(H,15,16). The third kappa shape index (κ3) is 4.87. The molecule has 0 bridgehead atoms. The van der Waals surface area contributed by atoms with Gasteiger partial charge in [0.05, 0.1) is 0 Å². The first-order valence-electron chi connectivity index (χ1n) is 6.30. The third-order valence-electron chi connectivity index (χ3n) is 2.51. The van der Waals surface area contributed by atoms with Crippen molar-refractivity contribution < 1.29 is 13.2 Å². The van der Waals surface area contributed by atoms with Crippen LogP contribution in [0.4, 0.5) is 10.8 Å². The summed E-state index contributed by atoms with van der Waals surface area (Å²) in [7, 11) is -3.50. The summed E-state index contributed by atoms with van der Waals surface area (Å²) in [6.07, 6.45) is 0.722. The lowest BCUT2D eigenvalue weighted by atomic mass is 10.3. The van der Waals surface area contributed by atoms with E-state index >= 15 is 0 Å². The highest BCUT2D eigenvalue weighted by molar-refractivity contribution is 7.92. The zero-order chi connectivity index (χ0) is 15.3. The molecule has 0 aliphatic carbocycles. The van der Waals surface area contributed by atoms with E-state index in [-0.39, 0.29) is 17.5 Å². The van der Waals surface area contributed by atoms with Gasteiger partial charge in [0, 0.05) is 5.69 Å². The van der Waals surface area contributed by atoms with Crippen LogP contribution < -0.4 is 15.2 Å². The quantitative estimate of drug-likeness (QED) is 0.746. The normalized spacial score (nSPS) is 11.3. The van der Waals surface area contributed by atoms with Crippen LogP contribution in [0.2, 0.25) is 0 Å². The largest absolute Gasteiger partial charge is 0.492 e. The van der Waals surface area contributed by atoms with Gasteiger partial charge < -0.3 is 10.5 Å². The summed E-state index contributed by atoms with van der Waals surface area (Å²) < 4.78 is 31.5. The van der Waals surface area contributed by atoms with Crippen LogP contribution in [0.15, 0.2) is 24.3 Å². The average molecular weight is 328 g/mol. The molecule has 21 heavy (non-hydrogen) atoms. The fourth-order valence-electron chi connectivity index (χ4n) is 1.46. The number of nitrogens with one attached hydrogen (secondary N) is 1. The second-order valence-electron chi connectivity index (χ2n) is 4.19. The monoisotopic (exact) mass is 328 g/mol. The number of aryl methyl sites for hydroxylation is 1. The lowest BCUT2D eigenvalue weighted by Gasteiger charge is -2.07. The maximum Gasteiger partial charge on any atom is 0.237 e. The predicted octanol–water partition coefficient (Wildman–Crippen LogP) is 1.50. The highest BCUT2D eigenvalue weighted by atomic mass is 32.2. The molecule has 1 heterocycles. The number of aromatic nitrogens is 2. The van der Waals surface area contributed by atoms with E-state index in [1.807, 2.05) is 6.92 Å². The lowest BCUT2D eigenvalue weighted by molar-refractivity contribution is 0.341. The van der Waals surface area contributed by atoms with Crippen molar-refractivity contribution in [1.82, 2.24) is 10.2 Å². The van der Waals surface area contributed by atoms with Gasteiger partial charge in [0.15, 0.2) is 0 Å². The molecule has 1 aromatic carbocycles. The lowest BCUT2D eigenvalue weighted by Crippen LogP contribution is -2.21. The minimum atomic E-state index is -3.50. The number of ether oxygens (including phenoxy) is 1. The van der Waals surface area contributed by atoms with E-state index in [2.05, 4.69) is 14.9 Å². The summed E-state index contributed by atoms with van der Waals surface area (Å²) in [5.74, 6) is 0.405. The zero-order valence-corrected chi connectivity index (χ0v) is 13.1. The average Bonchev–Trinajstić information content (AvgIpc) is 2.87. The van der Waals surface area contributed by atoms with Crippen molar-refractivity contribution in [3.8, 4) is 5.75 Å². The minimum Gasteiger partial charge on any atom is -0.492 e. The van der Waals surface area contributed by atoms with E-state index in [1.54, 1.807) is 24.3 Å². The van der Waals surface area contributed by atoms with Crippen LogP contribution in [0.1, 0.15) is 11.9 Å². The summed E-state index contributed by atoms with van der Waals surface area (Å²) in [5, 5.41) is 8.69. The van der Waals surface area contributed by atoms with E-state index in [4.69, 9.17) is 10.5 Å². The molecule has 0 aliphatic heterocycles. The number of nitrogen functional groups attached to an aromatic ring is 1. The van der Waals surface area contributed by atoms with E-state index in [9.17, 15) is 8.42 Å². The molecule has 7 nitrogen and oxygen atoms in total. The molecule has 1 aromatic heterocycles. The van der Waals surface area contributed by atoms with E-state index in [0.29, 0.717) is 11.4 Å². The second-order valence-corrected chi connectivity index (χ2v) is 7.10. The Morgan fingerprint density at radius 2 is 2.00 bits per heavy atom. The topological polar surface area (TPSA) is 107 Å². The summed E-state index contributed by atoms with van der Waals surface area (Å²) in [5.41, 5.74) is 6.18.